The van der Waals surface area contributed by atoms with Crippen LogP contribution in [0, 0.1) is 10.6 Å². The Morgan fingerprint density at radius 2 is 1.75 bits per heavy atom. The molecule has 0 radical (unpaired) electrons. The van der Waals surface area contributed by atoms with E-state index in [4.69, 9.17) is 17.3 Å². The molecular weight excluding hydrogens is 375 g/mol. The average Bonchev–Trinajstić information content (AvgIpc) is 3.00. The SMILES string of the molecule is OC1CC[NH+](Cn2nc(Cc3ccccc3)n(-c3ccc(F)cc3)c2=S)CC1. The number of aliphatic hydroxyl groups excluding tert-OH is 1. The Balaban J connectivity index is 1.68. The van der Waals surface area contributed by atoms with Crippen LogP contribution in [0.15, 0.2) is 54.6 Å². The summed E-state index contributed by atoms with van der Waals surface area (Å²) in [5.41, 5.74) is 1.96. The van der Waals surface area contributed by atoms with Gasteiger partial charge in [-0.1, -0.05) is 30.3 Å². The molecule has 2 N–H and O–H groups in total. The second kappa shape index (κ2) is 8.34. The molecule has 1 saturated heterocycles. The maximum atomic E-state index is 13.4. The summed E-state index contributed by atoms with van der Waals surface area (Å²) in [5, 5.41) is 14.6. The van der Waals surface area contributed by atoms with E-state index in [1.807, 2.05) is 27.4 Å². The first-order valence-electron chi connectivity index (χ1n) is 9.60. The van der Waals surface area contributed by atoms with E-state index < -0.39 is 0 Å². The molecule has 2 aromatic carbocycles. The van der Waals surface area contributed by atoms with Crippen LogP contribution in [0.4, 0.5) is 4.39 Å². The Hall–Kier alpha value is -2.35. The molecule has 7 heteroatoms. The summed E-state index contributed by atoms with van der Waals surface area (Å²) in [4.78, 5) is 1.36. The van der Waals surface area contributed by atoms with Gasteiger partial charge >= 0.3 is 0 Å². The first-order valence-corrected chi connectivity index (χ1v) is 10.0. The van der Waals surface area contributed by atoms with Crippen LogP contribution >= 0.6 is 12.2 Å². The van der Waals surface area contributed by atoms with Gasteiger partial charge in [-0.15, -0.1) is 0 Å². The fourth-order valence-electron chi connectivity index (χ4n) is 3.68. The lowest BCUT2D eigenvalue weighted by Crippen LogP contribution is -3.12. The number of piperidine rings is 1. The lowest BCUT2D eigenvalue weighted by molar-refractivity contribution is -0.929. The summed E-state index contributed by atoms with van der Waals surface area (Å²) >= 11 is 5.74. The summed E-state index contributed by atoms with van der Waals surface area (Å²) in [6.45, 7) is 2.47. The Morgan fingerprint density at radius 1 is 1.07 bits per heavy atom. The van der Waals surface area contributed by atoms with Crippen molar-refractivity contribution in [3.8, 4) is 5.69 Å². The maximum absolute atomic E-state index is 13.4. The summed E-state index contributed by atoms with van der Waals surface area (Å²) < 4.78 is 17.8. The molecule has 2 heterocycles. The Kier molecular flexibility index (Phi) is 5.66. The van der Waals surface area contributed by atoms with Crippen molar-refractivity contribution < 1.29 is 14.4 Å². The number of hydrogen-bond donors (Lipinski definition) is 2. The highest BCUT2D eigenvalue weighted by molar-refractivity contribution is 7.71. The highest BCUT2D eigenvalue weighted by Gasteiger charge is 2.22. The molecule has 0 spiro atoms. The van der Waals surface area contributed by atoms with Crippen LogP contribution in [0.5, 0.6) is 0 Å². The first kappa shape index (κ1) is 19.0. The molecule has 0 bridgehead atoms. The molecule has 5 nitrogen and oxygen atoms in total. The minimum atomic E-state index is -0.274. The lowest BCUT2D eigenvalue weighted by Gasteiger charge is -2.26. The molecule has 1 aliphatic rings. The highest BCUT2D eigenvalue weighted by Crippen LogP contribution is 2.16. The number of rotatable bonds is 5. The lowest BCUT2D eigenvalue weighted by atomic mass is 10.1. The van der Waals surface area contributed by atoms with Crippen molar-refractivity contribution in [3.63, 3.8) is 0 Å². The van der Waals surface area contributed by atoms with Gasteiger partial charge in [0.05, 0.1) is 19.2 Å². The van der Waals surface area contributed by atoms with Crippen LogP contribution < -0.4 is 4.90 Å². The van der Waals surface area contributed by atoms with Gasteiger partial charge in [0, 0.05) is 24.9 Å². The zero-order valence-electron chi connectivity index (χ0n) is 15.6. The van der Waals surface area contributed by atoms with Crippen molar-refractivity contribution in [1.82, 2.24) is 14.3 Å². The van der Waals surface area contributed by atoms with Crippen LogP contribution in [-0.4, -0.2) is 38.6 Å². The zero-order valence-corrected chi connectivity index (χ0v) is 16.4. The third kappa shape index (κ3) is 4.22. The predicted octanol–water partition coefficient (Wildman–Crippen LogP) is 2.13. The van der Waals surface area contributed by atoms with Gasteiger partial charge in [-0.25, -0.2) is 4.39 Å². The average molecular weight is 400 g/mol. The number of likely N-dealkylation sites (tertiary alicyclic amines) is 1. The number of aromatic nitrogens is 3. The van der Waals surface area contributed by atoms with E-state index in [0.29, 0.717) is 17.9 Å². The van der Waals surface area contributed by atoms with Crippen molar-refractivity contribution in [2.75, 3.05) is 13.1 Å². The first-order chi connectivity index (χ1) is 13.6. The van der Waals surface area contributed by atoms with Crippen molar-refractivity contribution >= 4 is 12.2 Å². The number of aliphatic hydroxyl groups is 1. The minimum absolute atomic E-state index is 0.192. The molecule has 0 saturated carbocycles. The molecule has 1 aromatic heterocycles. The number of nitrogens with zero attached hydrogens (tertiary/aromatic N) is 3. The van der Waals surface area contributed by atoms with Crippen LogP contribution in [0.25, 0.3) is 5.69 Å². The molecule has 3 aromatic rings. The molecule has 28 heavy (non-hydrogen) atoms. The van der Waals surface area contributed by atoms with E-state index in [-0.39, 0.29) is 11.9 Å². The second-order valence-corrected chi connectivity index (χ2v) is 7.68. The smallest absolute Gasteiger partial charge is 0.207 e. The van der Waals surface area contributed by atoms with Crippen LogP contribution in [0.3, 0.4) is 0 Å². The second-order valence-electron chi connectivity index (χ2n) is 7.31. The van der Waals surface area contributed by atoms with Gasteiger partial charge in [-0.2, -0.15) is 9.78 Å². The Morgan fingerprint density at radius 3 is 2.43 bits per heavy atom. The van der Waals surface area contributed by atoms with Crippen molar-refractivity contribution in [3.05, 3.63) is 76.6 Å². The Bertz CT molecular complexity index is 976. The predicted molar refractivity (Wildman–Crippen MR) is 108 cm³/mol. The molecule has 0 unspecified atom stereocenters. The van der Waals surface area contributed by atoms with Crippen molar-refractivity contribution in [2.24, 2.45) is 0 Å². The highest BCUT2D eigenvalue weighted by atomic mass is 32.1. The third-order valence-corrected chi connectivity index (χ3v) is 5.63. The van der Waals surface area contributed by atoms with Gasteiger partial charge in [0.1, 0.15) is 11.6 Å². The van der Waals surface area contributed by atoms with Crippen molar-refractivity contribution in [1.29, 1.82) is 0 Å². The van der Waals surface area contributed by atoms with Gasteiger partial charge in [0.25, 0.3) is 0 Å². The van der Waals surface area contributed by atoms with E-state index in [9.17, 15) is 9.50 Å². The van der Waals surface area contributed by atoms with Gasteiger partial charge in [-0.05, 0) is 42.0 Å². The van der Waals surface area contributed by atoms with Crippen LogP contribution in [0.2, 0.25) is 0 Å². The number of nitrogens with one attached hydrogen (secondary N) is 1. The molecule has 0 amide bonds. The monoisotopic (exact) mass is 399 g/mol. The number of benzene rings is 2. The molecule has 0 aliphatic carbocycles. The normalized spacial score (nSPS) is 19.6. The number of hydrogen-bond acceptors (Lipinski definition) is 3. The topological polar surface area (TPSA) is 47.4 Å². The molecule has 1 fully saturated rings. The largest absolute Gasteiger partial charge is 0.393 e. The fourth-order valence-corrected chi connectivity index (χ4v) is 4.00. The summed E-state index contributed by atoms with van der Waals surface area (Å²) in [6, 6.07) is 16.5. The Labute approximate surface area is 168 Å². The van der Waals surface area contributed by atoms with E-state index in [1.165, 1.54) is 17.0 Å². The van der Waals surface area contributed by atoms with Crippen LogP contribution in [-0.2, 0) is 13.1 Å². The standard InChI is InChI=1S/C21H23FN4OS/c22-17-6-8-18(9-7-17)26-20(14-16-4-2-1-3-5-16)23-25(21(26)28)15-24-12-10-19(27)11-13-24/h1-9,19,27H,10-15H2/p+1. The van der Waals surface area contributed by atoms with E-state index in [2.05, 4.69) is 12.1 Å². The molecule has 0 atom stereocenters. The third-order valence-electron chi connectivity index (χ3n) is 5.23. The fraction of sp³-hybridized carbons (Fsp3) is 0.333. The molecule has 1 aliphatic heterocycles. The van der Waals surface area contributed by atoms with E-state index in [0.717, 1.165) is 43.0 Å². The summed E-state index contributed by atoms with van der Waals surface area (Å²) in [5.74, 6) is 0.558. The summed E-state index contributed by atoms with van der Waals surface area (Å²) in [6.07, 6.45) is 2.06. The molecular formula is C21H24FN4OS+. The zero-order chi connectivity index (χ0) is 19.5. The minimum Gasteiger partial charge on any atom is -0.393 e. The van der Waals surface area contributed by atoms with E-state index in [1.54, 1.807) is 12.1 Å². The van der Waals surface area contributed by atoms with Gasteiger partial charge in [0.2, 0.25) is 4.77 Å². The van der Waals surface area contributed by atoms with E-state index >= 15 is 0 Å². The molecule has 4 rings (SSSR count). The molecule has 146 valence electrons. The number of halogens is 1. The maximum Gasteiger partial charge on any atom is 0.207 e. The number of quaternary nitrogens is 1. The van der Waals surface area contributed by atoms with Crippen molar-refractivity contribution in [2.45, 2.75) is 32.0 Å². The quantitative estimate of drug-likeness (QED) is 0.647. The van der Waals surface area contributed by atoms with Gasteiger partial charge in [0.15, 0.2) is 6.67 Å². The van der Waals surface area contributed by atoms with Gasteiger partial charge < -0.3 is 10.0 Å². The van der Waals surface area contributed by atoms with Crippen LogP contribution in [0.1, 0.15) is 24.2 Å². The van der Waals surface area contributed by atoms with Gasteiger partial charge in [-0.3, -0.25) is 4.57 Å². The summed E-state index contributed by atoms with van der Waals surface area (Å²) in [7, 11) is 0.